The fraction of sp³-hybridized carbons (Fsp3) is 0.533. The molecule has 2 N–H and O–H groups in total. The van der Waals surface area contributed by atoms with Crippen molar-refractivity contribution in [1.82, 2.24) is 4.90 Å². The van der Waals surface area contributed by atoms with Gasteiger partial charge in [-0.1, -0.05) is 31.5 Å². The highest BCUT2D eigenvalue weighted by Crippen LogP contribution is 2.28. The molecule has 0 radical (unpaired) electrons. The average Bonchev–Trinajstić information content (AvgIpc) is 2.44. The van der Waals surface area contributed by atoms with E-state index in [2.05, 4.69) is 0 Å². The number of hydrogen-bond donors (Lipinski definition) is 1. The molecule has 0 unspecified atom stereocenters. The molecule has 1 rings (SSSR count). The molecule has 1 aromatic carbocycles. The van der Waals surface area contributed by atoms with E-state index >= 15 is 0 Å². The lowest BCUT2D eigenvalue weighted by molar-refractivity contribution is -0.141. The summed E-state index contributed by atoms with van der Waals surface area (Å²) in [7, 11) is 1.72. The van der Waals surface area contributed by atoms with Crippen LogP contribution in [0.1, 0.15) is 32.3 Å². The molecule has 0 aromatic heterocycles. The Bertz CT molecular complexity index is 470. The van der Waals surface area contributed by atoms with E-state index in [0.717, 1.165) is 5.56 Å². The molecule has 0 bridgehead atoms. The van der Waals surface area contributed by atoms with E-state index in [1.165, 1.54) is 12.1 Å². The standard InChI is InChI=1S/C15H22ClFN2O.ClH/c1-4-15(5-2,10-18)14(20)19(3)9-11-6-7-12(17)8-13(11)16;/h6-8H,4-5,9-10,18H2,1-3H3;1H. The first-order valence-electron chi connectivity index (χ1n) is 6.79. The van der Waals surface area contributed by atoms with E-state index in [1.807, 2.05) is 13.8 Å². The Morgan fingerprint density at radius 1 is 1.38 bits per heavy atom. The molecule has 1 aromatic rings. The normalized spacial score (nSPS) is 11.0. The van der Waals surface area contributed by atoms with Gasteiger partial charge in [-0.05, 0) is 30.5 Å². The van der Waals surface area contributed by atoms with Crippen molar-refractivity contribution in [2.75, 3.05) is 13.6 Å². The summed E-state index contributed by atoms with van der Waals surface area (Å²) in [4.78, 5) is 14.2. The van der Waals surface area contributed by atoms with Crippen LogP contribution in [0.4, 0.5) is 4.39 Å². The summed E-state index contributed by atoms with van der Waals surface area (Å²) >= 11 is 5.99. The third kappa shape index (κ3) is 4.56. The van der Waals surface area contributed by atoms with Crippen LogP contribution in [0.25, 0.3) is 0 Å². The number of hydrogen-bond acceptors (Lipinski definition) is 2. The van der Waals surface area contributed by atoms with Gasteiger partial charge in [0.1, 0.15) is 5.82 Å². The molecule has 0 aliphatic heterocycles. The Labute approximate surface area is 137 Å². The average molecular weight is 337 g/mol. The predicted octanol–water partition coefficient (Wildman–Crippen LogP) is 3.62. The summed E-state index contributed by atoms with van der Waals surface area (Å²) in [5.74, 6) is -0.378. The van der Waals surface area contributed by atoms with E-state index in [-0.39, 0.29) is 24.1 Å². The molecule has 3 nitrogen and oxygen atoms in total. The van der Waals surface area contributed by atoms with E-state index in [9.17, 15) is 9.18 Å². The minimum absolute atomic E-state index is 0. The minimum Gasteiger partial charge on any atom is -0.341 e. The van der Waals surface area contributed by atoms with Crippen molar-refractivity contribution in [3.63, 3.8) is 0 Å². The van der Waals surface area contributed by atoms with Crippen molar-refractivity contribution in [3.8, 4) is 0 Å². The minimum atomic E-state index is -0.527. The number of halogens is 3. The van der Waals surface area contributed by atoms with Gasteiger partial charge in [-0.25, -0.2) is 4.39 Å². The molecular formula is C15H23Cl2FN2O. The Balaban J connectivity index is 0.00000400. The fourth-order valence-electron chi connectivity index (χ4n) is 2.31. The van der Waals surface area contributed by atoms with E-state index < -0.39 is 5.41 Å². The topological polar surface area (TPSA) is 46.3 Å². The summed E-state index contributed by atoms with van der Waals surface area (Å²) in [6.45, 7) is 4.60. The van der Waals surface area contributed by atoms with Gasteiger partial charge in [0.15, 0.2) is 0 Å². The highest BCUT2D eigenvalue weighted by Gasteiger charge is 2.35. The fourth-order valence-corrected chi connectivity index (χ4v) is 2.54. The lowest BCUT2D eigenvalue weighted by Gasteiger charge is -2.33. The molecule has 1 amide bonds. The molecule has 0 saturated carbocycles. The number of carbonyl (C=O) groups excluding carboxylic acids is 1. The molecule has 6 heteroatoms. The number of carbonyl (C=O) groups is 1. The third-order valence-corrected chi connectivity index (χ3v) is 4.32. The second-order valence-electron chi connectivity index (χ2n) is 5.09. The summed E-state index contributed by atoms with van der Waals surface area (Å²) in [5.41, 5.74) is 5.99. The molecule has 0 saturated heterocycles. The zero-order valence-electron chi connectivity index (χ0n) is 12.7. The maximum Gasteiger partial charge on any atom is 0.230 e. The van der Waals surface area contributed by atoms with Gasteiger partial charge in [0.2, 0.25) is 5.91 Å². The quantitative estimate of drug-likeness (QED) is 0.862. The van der Waals surface area contributed by atoms with E-state index in [4.69, 9.17) is 17.3 Å². The van der Waals surface area contributed by atoms with E-state index in [1.54, 1.807) is 18.0 Å². The zero-order valence-corrected chi connectivity index (χ0v) is 14.2. The maximum absolute atomic E-state index is 13.0. The second-order valence-corrected chi connectivity index (χ2v) is 5.50. The Morgan fingerprint density at radius 2 is 1.95 bits per heavy atom. The maximum atomic E-state index is 13.0. The molecule has 0 atom stereocenters. The first kappa shape index (κ1) is 20.2. The summed E-state index contributed by atoms with van der Waals surface area (Å²) in [5, 5.41) is 0.330. The van der Waals surface area contributed by atoms with Gasteiger partial charge in [-0.2, -0.15) is 0 Å². The molecule has 0 heterocycles. The smallest absolute Gasteiger partial charge is 0.230 e. The van der Waals surface area contributed by atoms with Crippen LogP contribution in [0.3, 0.4) is 0 Å². The number of amides is 1. The Morgan fingerprint density at radius 3 is 2.38 bits per heavy atom. The first-order valence-corrected chi connectivity index (χ1v) is 7.17. The molecule has 0 aliphatic rings. The summed E-state index contributed by atoms with van der Waals surface area (Å²) in [6, 6.07) is 4.20. The second kappa shape index (κ2) is 8.57. The van der Waals surface area contributed by atoms with Gasteiger partial charge in [0, 0.05) is 25.2 Å². The Kier molecular flexibility index (Phi) is 8.22. The predicted molar refractivity (Wildman–Crippen MR) is 87.2 cm³/mol. The van der Waals surface area contributed by atoms with Crippen LogP contribution in [-0.2, 0) is 11.3 Å². The number of nitrogens with zero attached hydrogens (tertiary/aromatic N) is 1. The molecule has 0 aliphatic carbocycles. The monoisotopic (exact) mass is 336 g/mol. The van der Waals surface area contributed by atoms with Gasteiger partial charge in [-0.3, -0.25) is 4.79 Å². The van der Waals surface area contributed by atoms with Gasteiger partial charge >= 0.3 is 0 Å². The number of benzene rings is 1. The molecule has 120 valence electrons. The third-order valence-electron chi connectivity index (χ3n) is 3.97. The van der Waals surface area contributed by atoms with Gasteiger partial charge in [0.05, 0.1) is 5.41 Å². The lowest BCUT2D eigenvalue weighted by Crippen LogP contribution is -2.45. The van der Waals surface area contributed by atoms with Crippen molar-refractivity contribution >= 4 is 29.9 Å². The lowest BCUT2D eigenvalue weighted by atomic mass is 9.81. The van der Waals surface area contributed by atoms with Crippen molar-refractivity contribution in [1.29, 1.82) is 0 Å². The van der Waals surface area contributed by atoms with Crippen molar-refractivity contribution in [2.24, 2.45) is 11.1 Å². The SMILES string of the molecule is CCC(CC)(CN)C(=O)N(C)Cc1ccc(F)cc1Cl.Cl. The first-order chi connectivity index (χ1) is 9.40. The summed E-state index contributed by atoms with van der Waals surface area (Å²) < 4.78 is 13.0. The largest absolute Gasteiger partial charge is 0.341 e. The van der Waals surface area contributed by atoms with Crippen LogP contribution in [0.5, 0.6) is 0 Å². The van der Waals surface area contributed by atoms with Crippen LogP contribution in [0.2, 0.25) is 5.02 Å². The molecule has 0 spiro atoms. The zero-order chi connectivity index (χ0) is 15.3. The van der Waals surface area contributed by atoms with Crippen LogP contribution >= 0.6 is 24.0 Å². The highest BCUT2D eigenvalue weighted by molar-refractivity contribution is 6.31. The van der Waals surface area contributed by atoms with Crippen LogP contribution in [0, 0.1) is 11.2 Å². The molecule has 0 fully saturated rings. The van der Waals surface area contributed by atoms with Gasteiger partial charge in [0.25, 0.3) is 0 Å². The van der Waals surface area contributed by atoms with Crippen LogP contribution in [-0.4, -0.2) is 24.4 Å². The molecular weight excluding hydrogens is 314 g/mol. The Hall–Kier alpha value is -0.840. The van der Waals surface area contributed by atoms with Gasteiger partial charge in [-0.15, -0.1) is 12.4 Å². The van der Waals surface area contributed by atoms with Crippen LogP contribution < -0.4 is 5.73 Å². The van der Waals surface area contributed by atoms with Gasteiger partial charge < -0.3 is 10.6 Å². The molecule has 21 heavy (non-hydrogen) atoms. The number of nitrogens with two attached hydrogens (primary N) is 1. The van der Waals surface area contributed by atoms with Crippen molar-refractivity contribution < 1.29 is 9.18 Å². The highest BCUT2D eigenvalue weighted by atomic mass is 35.5. The number of rotatable bonds is 6. The van der Waals surface area contributed by atoms with E-state index in [0.29, 0.717) is 31.0 Å². The summed E-state index contributed by atoms with van der Waals surface area (Å²) in [6.07, 6.45) is 1.39. The van der Waals surface area contributed by atoms with Crippen molar-refractivity contribution in [3.05, 3.63) is 34.6 Å². The van der Waals surface area contributed by atoms with Crippen molar-refractivity contribution in [2.45, 2.75) is 33.2 Å². The van der Waals surface area contributed by atoms with Crippen LogP contribution in [0.15, 0.2) is 18.2 Å².